The Morgan fingerprint density at radius 2 is 2.05 bits per heavy atom. The minimum absolute atomic E-state index is 0.278. The van der Waals surface area contributed by atoms with Gasteiger partial charge in [-0.1, -0.05) is 0 Å². The van der Waals surface area contributed by atoms with Crippen molar-refractivity contribution in [3.63, 3.8) is 0 Å². The fourth-order valence-electron chi connectivity index (χ4n) is 1.74. The second-order valence-electron chi connectivity index (χ2n) is 4.23. The molecule has 0 unspecified atom stereocenters. The van der Waals surface area contributed by atoms with Gasteiger partial charge in [0.25, 0.3) is 0 Å². The number of nitrogens with zero attached hydrogens (tertiary/aromatic N) is 1. The molecule has 0 spiro atoms. The van der Waals surface area contributed by atoms with Crippen LogP contribution in [0.15, 0.2) is 41.3 Å². The Morgan fingerprint density at radius 1 is 1.26 bits per heavy atom. The van der Waals surface area contributed by atoms with Crippen molar-refractivity contribution < 1.29 is 4.39 Å². The molecule has 0 aromatic heterocycles. The fourth-order valence-corrected chi connectivity index (χ4v) is 2.73. The lowest BCUT2D eigenvalue weighted by atomic mass is 10.1. The van der Waals surface area contributed by atoms with E-state index in [1.165, 1.54) is 23.9 Å². The minimum atomic E-state index is -0.278. The van der Waals surface area contributed by atoms with E-state index in [1.807, 2.05) is 31.2 Å². The first-order chi connectivity index (χ1) is 9.10. The Balaban J connectivity index is 2.16. The molecular formula is C15H13FN2S. The number of anilines is 1. The monoisotopic (exact) mass is 272 g/mol. The van der Waals surface area contributed by atoms with Crippen molar-refractivity contribution in [2.24, 2.45) is 0 Å². The van der Waals surface area contributed by atoms with Crippen molar-refractivity contribution in [3.8, 4) is 6.07 Å². The standard InChI is InChI=1S/C15H13FN2S/c1-10-6-13(18)3-5-15(10)19-9-12-7-11(8-17)2-4-14(12)16/h2-7H,9,18H2,1H3. The fraction of sp³-hybridized carbons (Fsp3) is 0.133. The Labute approximate surface area is 116 Å². The summed E-state index contributed by atoms with van der Waals surface area (Å²) in [6, 6.07) is 12.1. The molecule has 2 aromatic rings. The van der Waals surface area contributed by atoms with E-state index in [4.69, 9.17) is 11.0 Å². The molecule has 2 rings (SSSR count). The lowest BCUT2D eigenvalue weighted by Crippen LogP contribution is -1.91. The van der Waals surface area contributed by atoms with E-state index in [9.17, 15) is 4.39 Å². The first kappa shape index (κ1) is 13.4. The summed E-state index contributed by atoms with van der Waals surface area (Å²) < 4.78 is 13.6. The third-order valence-corrected chi connectivity index (χ3v) is 3.98. The zero-order valence-corrected chi connectivity index (χ0v) is 11.3. The quantitative estimate of drug-likeness (QED) is 0.681. The smallest absolute Gasteiger partial charge is 0.127 e. The molecule has 0 fully saturated rings. The van der Waals surface area contributed by atoms with E-state index in [1.54, 1.807) is 6.07 Å². The Kier molecular flexibility index (Phi) is 4.08. The Bertz CT molecular complexity index is 647. The number of aryl methyl sites for hydroxylation is 1. The van der Waals surface area contributed by atoms with Gasteiger partial charge in [-0.05, 0) is 54.4 Å². The van der Waals surface area contributed by atoms with Crippen LogP contribution in [0.25, 0.3) is 0 Å². The first-order valence-electron chi connectivity index (χ1n) is 5.77. The van der Waals surface area contributed by atoms with Crippen LogP contribution in [0.2, 0.25) is 0 Å². The predicted molar refractivity (Wildman–Crippen MR) is 76.3 cm³/mol. The normalized spacial score (nSPS) is 10.2. The minimum Gasteiger partial charge on any atom is -0.399 e. The number of hydrogen-bond donors (Lipinski definition) is 1. The van der Waals surface area contributed by atoms with E-state index in [-0.39, 0.29) is 5.82 Å². The molecule has 0 heterocycles. The number of thioether (sulfide) groups is 1. The zero-order valence-electron chi connectivity index (χ0n) is 10.5. The largest absolute Gasteiger partial charge is 0.399 e. The van der Waals surface area contributed by atoms with Crippen molar-refractivity contribution in [3.05, 3.63) is 58.9 Å². The van der Waals surface area contributed by atoms with E-state index in [2.05, 4.69) is 0 Å². The maximum Gasteiger partial charge on any atom is 0.127 e. The lowest BCUT2D eigenvalue weighted by Gasteiger charge is -2.07. The molecule has 0 bridgehead atoms. The number of nitrogen functional groups attached to an aromatic ring is 1. The number of halogens is 1. The molecule has 2 N–H and O–H groups in total. The third-order valence-electron chi connectivity index (χ3n) is 2.76. The molecule has 0 saturated carbocycles. The average molecular weight is 272 g/mol. The van der Waals surface area contributed by atoms with Crippen LogP contribution in [0.3, 0.4) is 0 Å². The van der Waals surface area contributed by atoms with Crippen molar-refractivity contribution in [1.29, 1.82) is 5.26 Å². The number of nitriles is 1. The molecule has 2 nitrogen and oxygen atoms in total. The second-order valence-corrected chi connectivity index (χ2v) is 5.25. The van der Waals surface area contributed by atoms with Gasteiger partial charge in [-0.2, -0.15) is 5.26 Å². The molecule has 0 aliphatic carbocycles. The van der Waals surface area contributed by atoms with Crippen LogP contribution in [0.4, 0.5) is 10.1 Å². The summed E-state index contributed by atoms with van der Waals surface area (Å²) in [7, 11) is 0. The van der Waals surface area contributed by atoms with Crippen molar-refractivity contribution >= 4 is 17.4 Å². The maximum absolute atomic E-state index is 13.6. The van der Waals surface area contributed by atoms with E-state index in [0.717, 1.165) is 16.1 Å². The number of nitrogens with two attached hydrogens (primary N) is 1. The molecule has 4 heteroatoms. The van der Waals surface area contributed by atoms with Crippen LogP contribution in [0, 0.1) is 24.1 Å². The van der Waals surface area contributed by atoms with Gasteiger partial charge in [-0.15, -0.1) is 11.8 Å². The van der Waals surface area contributed by atoms with Gasteiger partial charge < -0.3 is 5.73 Å². The van der Waals surface area contributed by atoms with Gasteiger partial charge >= 0.3 is 0 Å². The van der Waals surface area contributed by atoms with E-state index >= 15 is 0 Å². The molecule has 2 aromatic carbocycles. The van der Waals surface area contributed by atoms with E-state index < -0.39 is 0 Å². The molecule has 0 radical (unpaired) electrons. The van der Waals surface area contributed by atoms with Gasteiger partial charge in [0.15, 0.2) is 0 Å². The van der Waals surface area contributed by atoms with Crippen LogP contribution < -0.4 is 5.73 Å². The molecule has 0 amide bonds. The SMILES string of the molecule is Cc1cc(N)ccc1SCc1cc(C#N)ccc1F. The van der Waals surface area contributed by atoms with Crippen LogP contribution in [0.1, 0.15) is 16.7 Å². The summed E-state index contributed by atoms with van der Waals surface area (Å²) in [5.41, 5.74) is 8.50. The van der Waals surface area contributed by atoms with Gasteiger partial charge in [-0.25, -0.2) is 4.39 Å². The topological polar surface area (TPSA) is 49.8 Å². The molecule has 0 aliphatic rings. The number of benzene rings is 2. The molecule has 96 valence electrons. The summed E-state index contributed by atoms with van der Waals surface area (Å²) in [5.74, 6) is 0.214. The van der Waals surface area contributed by atoms with Crippen LogP contribution in [-0.2, 0) is 5.75 Å². The predicted octanol–water partition coefficient (Wildman–Crippen LogP) is 3.88. The maximum atomic E-state index is 13.6. The Morgan fingerprint density at radius 3 is 2.74 bits per heavy atom. The highest BCUT2D eigenvalue weighted by Gasteiger charge is 2.06. The van der Waals surface area contributed by atoms with Crippen LogP contribution in [-0.4, -0.2) is 0 Å². The second kappa shape index (κ2) is 5.77. The molecule has 19 heavy (non-hydrogen) atoms. The summed E-state index contributed by atoms with van der Waals surface area (Å²) in [6.45, 7) is 1.97. The third kappa shape index (κ3) is 3.27. The van der Waals surface area contributed by atoms with Gasteiger partial charge in [-0.3, -0.25) is 0 Å². The average Bonchev–Trinajstić information content (AvgIpc) is 2.39. The van der Waals surface area contributed by atoms with Gasteiger partial charge in [0.05, 0.1) is 11.6 Å². The van der Waals surface area contributed by atoms with Crippen molar-refractivity contribution in [1.82, 2.24) is 0 Å². The lowest BCUT2D eigenvalue weighted by molar-refractivity contribution is 0.617. The van der Waals surface area contributed by atoms with Gasteiger partial charge in [0.1, 0.15) is 5.82 Å². The summed E-state index contributed by atoms with van der Waals surface area (Å²) in [6.07, 6.45) is 0. The number of rotatable bonds is 3. The molecular weight excluding hydrogens is 259 g/mol. The van der Waals surface area contributed by atoms with Gasteiger partial charge in [0.2, 0.25) is 0 Å². The zero-order chi connectivity index (χ0) is 13.8. The number of hydrogen-bond acceptors (Lipinski definition) is 3. The van der Waals surface area contributed by atoms with E-state index in [0.29, 0.717) is 16.9 Å². The highest BCUT2D eigenvalue weighted by atomic mass is 32.2. The summed E-state index contributed by atoms with van der Waals surface area (Å²) in [5, 5.41) is 8.82. The van der Waals surface area contributed by atoms with Gasteiger partial charge in [0, 0.05) is 16.3 Å². The Hall–Kier alpha value is -1.99. The molecule has 0 atom stereocenters. The molecule has 0 saturated heterocycles. The first-order valence-corrected chi connectivity index (χ1v) is 6.76. The highest BCUT2D eigenvalue weighted by molar-refractivity contribution is 7.98. The van der Waals surface area contributed by atoms with Crippen molar-refractivity contribution in [2.75, 3.05) is 5.73 Å². The molecule has 0 aliphatic heterocycles. The van der Waals surface area contributed by atoms with Crippen LogP contribution >= 0.6 is 11.8 Å². The van der Waals surface area contributed by atoms with Crippen LogP contribution in [0.5, 0.6) is 0 Å². The van der Waals surface area contributed by atoms with Crippen molar-refractivity contribution in [2.45, 2.75) is 17.6 Å². The highest BCUT2D eigenvalue weighted by Crippen LogP contribution is 2.28. The summed E-state index contributed by atoms with van der Waals surface area (Å²) >= 11 is 1.54. The summed E-state index contributed by atoms with van der Waals surface area (Å²) in [4.78, 5) is 1.07.